The Morgan fingerprint density at radius 3 is 2.86 bits per heavy atom. The SMILES string of the molecule is COc1cc2c(c(C)c1C)C(=O)C1=Nc3nonc3NC12. The molecule has 0 saturated carbocycles. The van der Waals surface area contributed by atoms with E-state index in [2.05, 4.69) is 25.3 Å². The molecule has 0 fully saturated rings. The van der Waals surface area contributed by atoms with E-state index >= 15 is 0 Å². The van der Waals surface area contributed by atoms with E-state index in [0.717, 1.165) is 22.4 Å². The predicted octanol–water partition coefficient (Wildman–Crippen LogP) is 2.13. The number of hydrogen-bond acceptors (Lipinski definition) is 7. The molecule has 1 aromatic heterocycles. The molecule has 2 aromatic rings. The number of benzene rings is 1. The first kappa shape index (κ1) is 12.1. The van der Waals surface area contributed by atoms with Crippen LogP contribution in [0.3, 0.4) is 0 Å². The van der Waals surface area contributed by atoms with Crippen molar-refractivity contribution < 1.29 is 14.2 Å². The van der Waals surface area contributed by atoms with Gasteiger partial charge in [0, 0.05) is 5.56 Å². The van der Waals surface area contributed by atoms with E-state index in [0.29, 0.717) is 22.9 Å². The summed E-state index contributed by atoms with van der Waals surface area (Å²) in [6.07, 6.45) is 0. The number of nitrogens with zero attached hydrogens (tertiary/aromatic N) is 3. The lowest BCUT2D eigenvalue weighted by molar-refractivity contribution is 0.106. The number of hydrogen-bond donors (Lipinski definition) is 1. The van der Waals surface area contributed by atoms with Crippen LogP contribution in [0.25, 0.3) is 0 Å². The van der Waals surface area contributed by atoms with Crippen LogP contribution in [0.1, 0.15) is 33.1 Å². The van der Waals surface area contributed by atoms with Crippen molar-refractivity contribution in [1.82, 2.24) is 10.3 Å². The topological polar surface area (TPSA) is 89.6 Å². The summed E-state index contributed by atoms with van der Waals surface area (Å²) < 4.78 is 10.0. The van der Waals surface area contributed by atoms with E-state index in [9.17, 15) is 4.79 Å². The molecule has 0 bridgehead atoms. The maximum absolute atomic E-state index is 12.6. The highest BCUT2D eigenvalue weighted by Gasteiger charge is 2.42. The van der Waals surface area contributed by atoms with Crippen LogP contribution in [-0.4, -0.2) is 28.9 Å². The standard InChI is InChI=1S/C14H12N4O3/c1-5-6(2)9-7(4-8(5)20-3)10-11(12(9)19)16-14-13(15-10)17-21-18-14/h4,10H,1-3H3,(H,15,17). The number of aromatic nitrogens is 2. The van der Waals surface area contributed by atoms with Crippen molar-refractivity contribution in [3.05, 3.63) is 28.3 Å². The van der Waals surface area contributed by atoms with Crippen LogP contribution in [0.2, 0.25) is 0 Å². The second kappa shape index (κ2) is 3.91. The molecule has 4 rings (SSSR count). The highest BCUT2D eigenvalue weighted by molar-refractivity contribution is 6.52. The average Bonchev–Trinajstić information content (AvgIpc) is 3.04. The summed E-state index contributed by atoms with van der Waals surface area (Å²) in [6.45, 7) is 3.86. The molecule has 7 heteroatoms. The summed E-state index contributed by atoms with van der Waals surface area (Å²) in [4.78, 5) is 16.9. The highest BCUT2D eigenvalue weighted by atomic mass is 16.6. The first-order valence-electron chi connectivity index (χ1n) is 6.52. The van der Waals surface area contributed by atoms with E-state index in [1.54, 1.807) is 7.11 Å². The van der Waals surface area contributed by atoms with Crippen molar-refractivity contribution >= 4 is 23.1 Å². The molecule has 1 aromatic carbocycles. The molecule has 7 nitrogen and oxygen atoms in total. The Labute approximate surface area is 120 Å². The monoisotopic (exact) mass is 284 g/mol. The first-order chi connectivity index (χ1) is 10.1. The van der Waals surface area contributed by atoms with E-state index < -0.39 is 0 Å². The fraction of sp³-hybridized carbons (Fsp3) is 0.286. The van der Waals surface area contributed by atoms with Crippen LogP contribution >= 0.6 is 0 Å². The van der Waals surface area contributed by atoms with Crippen molar-refractivity contribution in [2.75, 3.05) is 12.4 Å². The number of aliphatic imine (C=N–C) groups is 1. The second-order valence-corrected chi connectivity index (χ2v) is 5.13. The minimum Gasteiger partial charge on any atom is -0.496 e. The van der Waals surface area contributed by atoms with Crippen LogP contribution in [0, 0.1) is 13.8 Å². The van der Waals surface area contributed by atoms with Gasteiger partial charge in [-0.2, -0.15) is 0 Å². The Bertz CT molecular complexity index is 822. The third-order valence-corrected chi connectivity index (χ3v) is 4.13. The summed E-state index contributed by atoms with van der Waals surface area (Å²) in [7, 11) is 1.62. The molecular formula is C14H12N4O3. The quantitative estimate of drug-likeness (QED) is 0.862. The Kier molecular flexibility index (Phi) is 2.25. The highest BCUT2D eigenvalue weighted by Crippen LogP contribution is 2.42. The second-order valence-electron chi connectivity index (χ2n) is 5.13. The Morgan fingerprint density at radius 2 is 2.10 bits per heavy atom. The van der Waals surface area contributed by atoms with Crippen LogP contribution < -0.4 is 10.1 Å². The van der Waals surface area contributed by atoms with Gasteiger partial charge in [0.1, 0.15) is 17.5 Å². The molecular weight excluding hydrogens is 272 g/mol. The van der Waals surface area contributed by atoms with Gasteiger partial charge >= 0.3 is 0 Å². The van der Waals surface area contributed by atoms with E-state index in [1.807, 2.05) is 19.9 Å². The maximum atomic E-state index is 12.6. The van der Waals surface area contributed by atoms with Gasteiger partial charge in [-0.3, -0.25) is 4.79 Å². The van der Waals surface area contributed by atoms with Gasteiger partial charge in [0.25, 0.3) is 0 Å². The zero-order valence-electron chi connectivity index (χ0n) is 11.7. The molecule has 0 radical (unpaired) electrons. The number of anilines is 1. The Balaban J connectivity index is 1.97. The summed E-state index contributed by atoms with van der Waals surface area (Å²) >= 11 is 0. The maximum Gasteiger partial charge on any atom is 0.241 e. The normalized spacial score (nSPS) is 18.5. The summed E-state index contributed by atoms with van der Waals surface area (Å²) in [5.74, 6) is 1.43. The van der Waals surface area contributed by atoms with Gasteiger partial charge < -0.3 is 10.1 Å². The molecule has 2 heterocycles. The number of carbonyl (C=O) groups is 1. The zero-order valence-corrected chi connectivity index (χ0v) is 11.7. The summed E-state index contributed by atoms with van der Waals surface area (Å²) in [5, 5.41) is 10.6. The van der Waals surface area contributed by atoms with Gasteiger partial charge in [-0.05, 0) is 46.9 Å². The van der Waals surface area contributed by atoms with Gasteiger partial charge in [0.05, 0.1) is 7.11 Å². The number of rotatable bonds is 1. The van der Waals surface area contributed by atoms with Crippen molar-refractivity contribution in [3.63, 3.8) is 0 Å². The van der Waals surface area contributed by atoms with Crippen molar-refractivity contribution in [1.29, 1.82) is 0 Å². The fourth-order valence-corrected chi connectivity index (χ4v) is 2.92. The molecule has 1 aliphatic heterocycles. The van der Waals surface area contributed by atoms with Gasteiger partial charge in [-0.15, -0.1) is 0 Å². The zero-order chi connectivity index (χ0) is 14.7. The van der Waals surface area contributed by atoms with Crippen LogP contribution in [0.15, 0.2) is 15.7 Å². The number of ketones is 1. The third-order valence-electron chi connectivity index (χ3n) is 4.13. The lowest BCUT2D eigenvalue weighted by Gasteiger charge is -2.18. The van der Waals surface area contributed by atoms with E-state index in [4.69, 9.17) is 4.74 Å². The molecule has 0 amide bonds. The molecule has 106 valence electrons. The summed E-state index contributed by atoms with van der Waals surface area (Å²) in [5.41, 5.74) is 3.84. The number of methoxy groups -OCH3 is 1. The minimum absolute atomic E-state index is 0.0839. The molecule has 2 aliphatic rings. The van der Waals surface area contributed by atoms with Crippen LogP contribution in [0.5, 0.6) is 5.75 Å². The number of Topliss-reactive ketones (excluding diaryl/α,β-unsaturated/α-hetero) is 1. The molecule has 0 spiro atoms. The molecule has 1 atom stereocenters. The lowest BCUT2D eigenvalue weighted by Crippen LogP contribution is -2.23. The number of nitrogens with one attached hydrogen (secondary N) is 1. The Hall–Kier alpha value is -2.70. The van der Waals surface area contributed by atoms with Crippen molar-refractivity contribution in [2.45, 2.75) is 19.9 Å². The molecule has 1 unspecified atom stereocenters. The van der Waals surface area contributed by atoms with Crippen molar-refractivity contribution in [2.24, 2.45) is 4.99 Å². The van der Waals surface area contributed by atoms with Crippen LogP contribution in [-0.2, 0) is 0 Å². The minimum atomic E-state index is -0.333. The van der Waals surface area contributed by atoms with E-state index in [1.165, 1.54) is 0 Å². The number of fused-ring (bicyclic) bond motifs is 4. The lowest BCUT2D eigenvalue weighted by atomic mass is 9.97. The van der Waals surface area contributed by atoms with Crippen LogP contribution in [0.4, 0.5) is 11.6 Å². The number of ether oxygens (including phenoxy) is 1. The Morgan fingerprint density at radius 1 is 1.29 bits per heavy atom. The van der Waals surface area contributed by atoms with Crippen molar-refractivity contribution in [3.8, 4) is 5.75 Å². The smallest absolute Gasteiger partial charge is 0.241 e. The van der Waals surface area contributed by atoms with Gasteiger partial charge in [0.15, 0.2) is 0 Å². The molecule has 0 saturated heterocycles. The first-order valence-corrected chi connectivity index (χ1v) is 6.52. The van der Waals surface area contributed by atoms with Gasteiger partial charge in [-0.25, -0.2) is 9.62 Å². The molecule has 1 N–H and O–H groups in total. The fourth-order valence-electron chi connectivity index (χ4n) is 2.92. The molecule has 21 heavy (non-hydrogen) atoms. The summed E-state index contributed by atoms with van der Waals surface area (Å²) in [6, 6.07) is 1.55. The largest absolute Gasteiger partial charge is 0.496 e. The predicted molar refractivity (Wildman–Crippen MR) is 74.6 cm³/mol. The molecule has 1 aliphatic carbocycles. The third kappa shape index (κ3) is 1.43. The average molecular weight is 284 g/mol. The van der Waals surface area contributed by atoms with Gasteiger partial charge in [-0.1, -0.05) is 0 Å². The van der Waals surface area contributed by atoms with E-state index in [-0.39, 0.29) is 11.8 Å². The van der Waals surface area contributed by atoms with Gasteiger partial charge in [0.2, 0.25) is 17.4 Å². The number of carbonyl (C=O) groups excluding carboxylic acids is 1.